The SMILES string of the molecule is CC(=O)C1CCN(c2ncc(F)cn2)C1. The van der Waals surface area contributed by atoms with Gasteiger partial charge in [0.2, 0.25) is 5.95 Å². The number of nitrogens with zero attached hydrogens (tertiary/aromatic N) is 3. The van der Waals surface area contributed by atoms with E-state index in [1.54, 1.807) is 6.92 Å². The molecule has 2 heterocycles. The maximum absolute atomic E-state index is 12.6. The number of Topliss-reactive ketones (excluding diaryl/α,β-unsaturated/α-hetero) is 1. The molecule has 0 bridgehead atoms. The Hall–Kier alpha value is -1.52. The van der Waals surface area contributed by atoms with Crippen molar-refractivity contribution in [3.05, 3.63) is 18.2 Å². The molecule has 80 valence electrons. The number of rotatable bonds is 2. The smallest absolute Gasteiger partial charge is 0.225 e. The van der Waals surface area contributed by atoms with Crippen LogP contribution in [-0.4, -0.2) is 28.8 Å². The van der Waals surface area contributed by atoms with Crippen LogP contribution >= 0.6 is 0 Å². The van der Waals surface area contributed by atoms with Crippen LogP contribution in [0.1, 0.15) is 13.3 Å². The highest BCUT2D eigenvalue weighted by Crippen LogP contribution is 2.20. The van der Waals surface area contributed by atoms with E-state index < -0.39 is 5.82 Å². The number of halogens is 1. The number of ketones is 1. The minimum atomic E-state index is -0.443. The third kappa shape index (κ3) is 2.11. The molecule has 0 spiro atoms. The van der Waals surface area contributed by atoms with E-state index in [1.165, 1.54) is 0 Å². The van der Waals surface area contributed by atoms with Crippen molar-refractivity contribution in [2.24, 2.45) is 5.92 Å². The molecule has 0 saturated carbocycles. The molecule has 1 saturated heterocycles. The summed E-state index contributed by atoms with van der Waals surface area (Å²) in [7, 11) is 0. The fourth-order valence-corrected chi connectivity index (χ4v) is 1.74. The Balaban J connectivity index is 2.07. The number of hydrogen-bond donors (Lipinski definition) is 0. The number of anilines is 1. The second kappa shape index (κ2) is 3.92. The zero-order valence-corrected chi connectivity index (χ0v) is 8.48. The lowest BCUT2D eigenvalue weighted by Gasteiger charge is -2.14. The standard InChI is InChI=1S/C10H12FN3O/c1-7(15)8-2-3-14(6-8)10-12-4-9(11)5-13-10/h4-5,8H,2-3,6H2,1H3. The summed E-state index contributed by atoms with van der Waals surface area (Å²) in [6.07, 6.45) is 3.11. The highest BCUT2D eigenvalue weighted by atomic mass is 19.1. The molecule has 1 aromatic rings. The molecular formula is C10H12FN3O. The second-order valence-electron chi connectivity index (χ2n) is 3.74. The van der Waals surface area contributed by atoms with Crippen LogP contribution in [0.15, 0.2) is 12.4 Å². The van der Waals surface area contributed by atoms with Gasteiger partial charge < -0.3 is 4.90 Å². The van der Waals surface area contributed by atoms with Crippen molar-refractivity contribution in [3.8, 4) is 0 Å². The van der Waals surface area contributed by atoms with Crippen molar-refractivity contribution < 1.29 is 9.18 Å². The fourth-order valence-electron chi connectivity index (χ4n) is 1.74. The molecule has 5 heteroatoms. The molecule has 2 rings (SSSR count). The Bertz CT molecular complexity index is 365. The first-order valence-corrected chi connectivity index (χ1v) is 4.90. The lowest BCUT2D eigenvalue weighted by atomic mass is 10.1. The van der Waals surface area contributed by atoms with Crippen LogP contribution < -0.4 is 4.90 Å². The average Bonchev–Trinajstić information content (AvgIpc) is 2.68. The Morgan fingerprint density at radius 3 is 2.73 bits per heavy atom. The quantitative estimate of drug-likeness (QED) is 0.729. The molecule has 15 heavy (non-hydrogen) atoms. The highest BCUT2D eigenvalue weighted by molar-refractivity contribution is 5.79. The second-order valence-corrected chi connectivity index (χ2v) is 3.74. The summed E-state index contributed by atoms with van der Waals surface area (Å²) in [6.45, 7) is 3.00. The number of hydrogen-bond acceptors (Lipinski definition) is 4. The molecule has 1 fully saturated rings. The summed E-state index contributed by atoms with van der Waals surface area (Å²) in [6, 6.07) is 0. The normalized spacial score (nSPS) is 20.7. The number of aromatic nitrogens is 2. The third-order valence-electron chi connectivity index (χ3n) is 2.65. The van der Waals surface area contributed by atoms with E-state index in [9.17, 15) is 9.18 Å². The van der Waals surface area contributed by atoms with E-state index in [1.807, 2.05) is 4.90 Å². The lowest BCUT2D eigenvalue weighted by Crippen LogP contribution is -2.23. The van der Waals surface area contributed by atoms with E-state index in [2.05, 4.69) is 9.97 Å². The first-order valence-electron chi connectivity index (χ1n) is 4.90. The molecule has 1 aliphatic rings. The van der Waals surface area contributed by atoms with E-state index >= 15 is 0 Å². The van der Waals surface area contributed by atoms with Gasteiger partial charge in [-0.3, -0.25) is 4.79 Å². The summed E-state index contributed by atoms with van der Waals surface area (Å²) >= 11 is 0. The third-order valence-corrected chi connectivity index (χ3v) is 2.65. The summed E-state index contributed by atoms with van der Waals surface area (Å²) in [4.78, 5) is 20.8. The van der Waals surface area contributed by atoms with E-state index in [0.717, 1.165) is 25.4 Å². The molecule has 0 aromatic carbocycles. The van der Waals surface area contributed by atoms with Gasteiger partial charge in [0, 0.05) is 19.0 Å². The molecule has 0 aliphatic carbocycles. The largest absolute Gasteiger partial charge is 0.340 e. The minimum Gasteiger partial charge on any atom is -0.340 e. The van der Waals surface area contributed by atoms with Crippen LogP contribution in [0.5, 0.6) is 0 Å². The maximum atomic E-state index is 12.6. The van der Waals surface area contributed by atoms with Crippen LogP contribution in [0.2, 0.25) is 0 Å². The van der Waals surface area contributed by atoms with Gasteiger partial charge in [0.05, 0.1) is 12.4 Å². The van der Waals surface area contributed by atoms with E-state index in [4.69, 9.17) is 0 Å². The average molecular weight is 209 g/mol. The highest BCUT2D eigenvalue weighted by Gasteiger charge is 2.27. The molecule has 1 unspecified atom stereocenters. The predicted octanol–water partition coefficient (Wildman–Crippen LogP) is 1.03. The Morgan fingerprint density at radius 2 is 2.20 bits per heavy atom. The summed E-state index contributed by atoms with van der Waals surface area (Å²) in [5, 5.41) is 0. The van der Waals surface area contributed by atoms with Crippen molar-refractivity contribution in [3.63, 3.8) is 0 Å². The van der Waals surface area contributed by atoms with Gasteiger partial charge in [0.1, 0.15) is 5.78 Å². The maximum Gasteiger partial charge on any atom is 0.225 e. The van der Waals surface area contributed by atoms with Crippen LogP contribution in [0.3, 0.4) is 0 Å². The van der Waals surface area contributed by atoms with E-state index in [0.29, 0.717) is 12.5 Å². The summed E-state index contributed by atoms with van der Waals surface area (Å²) in [5.41, 5.74) is 0. The lowest BCUT2D eigenvalue weighted by molar-refractivity contribution is -0.120. The molecule has 0 amide bonds. The van der Waals surface area contributed by atoms with Crippen molar-refractivity contribution in [1.82, 2.24) is 9.97 Å². The number of carbonyl (C=O) groups excluding carboxylic acids is 1. The zero-order chi connectivity index (χ0) is 10.8. The Morgan fingerprint density at radius 1 is 1.53 bits per heavy atom. The van der Waals surface area contributed by atoms with Crippen molar-refractivity contribution >= 4 is 11.7 Å². The van der Waals surface area contributed by atoms with Crippen molar-refractivity contribution in [2.75, 3.05) is 18.0 Å². The van der Waals surface area contributed by atoms with Crippen LogP contribution in [-0.2, 0) is 4.79 Å². The Kier molecular flexibility index (Phi) is 2.62. The van der Waals surface area contributed by atoms with E-state index in [-0.39, 0.29) is 11.7 Å². The number of carbonyl (C=O) groups is 1. The molecular weight excluding hydrogens is 197 g/mol. The molecule has 0 N–H and O–H groups in total. The van der Waals surface area contributed by atoms with Gasteiger partial charge in [-0.15, -0.1) is 0 Å². The van der Waals surface area contributed by atoms with Crippen LogP contribution in [0, 0.1) is 11.7 Å². The molecule has 1 aromatic heterocycles. The van der Waals surface area contributed by atoms with Crippen LogP contribution in [0.25, 0.3) is 0 Å². The van der Waals surface area contributed by atoms with Crippen LogP contribution in [0.4, 0.5) is 10.3 Å². The first-order chi connectivity index (χ1) is 7.16. The van der Waals surface area contributed by atoms with Gasteiger partial charge >= 0.3 is 0 Å². The first kappa shape index (κ1) is 10.0. The summed E-state index contributed by atoms with van der Waals surface area (Å²) in [5.74, 6) is 0.319. The minimum absolute atomic E-state index is 0.0682. The molecule has 4 nitrogen and oxygen atoms in total. The van der Waals surface area contributed by atoms with Crippen molar-refractivity contribution in [2.45, 2.75) is 13.3 Å². The van der Waals surface area contributed by atoms with Gasteiger partial charge in [-0.25, -0.2) is 14.4 Å². The predicted molar refractivity (Wildman–Crippen MR) is 53.0 cm³/mol. The van der Waals surface area contributed by atoms with Gasteiger partial charge in [0.15, 0.2) is 5.82 Å². The monoisotopic (exact) mass is 209 g/mol. The fraction of sp³-hybridized carbons (Fsp3) is 0.500. The summed E-state index contributed by atoms with van der Waals surface area (Å²) < 4.78 is 12.6. The van der Waals surface area contributed by atoms with Gasteiger partial charge in [-0.05, 0) is 13.3 Å². The molecule has 1 aliphatic heterocycles. The zero-order valence-electron chi connectivity index (χ0n) is 8.48. The topological polar surface area (TPSA) is 46.1 Å². The van der Waals surface area contributed by atoms with Gasteiger partial charge in [-0.1, -0.05) is 0 Å². The van der Waals surface area contributed by atoms with Gasteiger partial charge in [0.25, 0.3) is 0 Å². The molecule has 0 radical (unpaired) electrons. The molecule has 1 atom stereocenters. The van der Waals surface area contributed by atoms with Gasteiger partial charge in [-0.2, -0.15) is 0 Å². The van der Waals surface area contributed by atoms with Crippen molar-refractivity contribution in [1.29, 1.82) is 0 Å². The Labute approximate surface area is 87.1 Å².